The van der Waals surface area contributed by atoms with E-state index in [0.717, 1.165) is 17.7 Å². The Kier molecular flexibility index (Phi) is 5.53. The third kappa shape index (κ3) is 4.83. The van der Waals surface area contributed by atoms with Gasteiger partial charge in [0.15, 0.2) is 0 Å². The van der Waals surface area contributed by atoms with Gasteiger partial charge in [-0.2, -0.15) is 13.2 Å². The van der Waals surface area contributed by atoms with Crippen LogP contribution >= 0.6 is 0 Å². The molecule has 1 saturated carbocycles. The Morgan fingerprint density at radius 2 is 1.76 bits per heavy atom. The number of alkyl halides is 3. The summed E-state index contributed by atoms with van der Waals surface area (Å²) in [5.41, 5.74) is -0.856. The molecule has 0 aromatic rings. The smallest absolute Gasteiger partial charge is 0.347 e. The van der Waals surface area contributed by atoms with Gasteiger partial charge in [-0.05, 0) is 12.8 Å². The number of hydrogen-bond acceptors (Lipinski definition) is 4. The topological polar surface area (TPSA) is 108 Å². The molecule has 1 aliphatic carbocycles. The van der Waals surface area contributed by atoms with Crippen LogP contribution in [0.3, 0.4) is 0 Å². The molecule has 0 bridgehead atoms. The molecule has 3 N–H and O–H groups in total. The van der Waals surface area contributed by atoms with Crippen LogP contribution in [0, 0.1) is 0 Å². The van der Waals surface area contributed by atoms with Crippen molar-refractivity contribution in [1.82, 2.24) is 20.9 Å². The number of carbonyl (C=O) groups excluding carboxylic acids is 4. The van der Waals surface area contributed by atoms with Gasteiger partial charge in [0, 0.05) is 13.0 Å². The van der Waals surface area contributed by atoms with Crippen molar-refractivity contribution in [1.29, 1.82) is 0 Å². The van der Waals surface area contributed by atoms with E-state index in [-0.39, 0.29) is 18.9 Å². The first-order valence-electron chi connectivity index (χ1n) is 7.87. The monoisotopic (exact) mass is 364 g/mol. The molecular weight excluding hydrogens is 345 g/mol. The molecule has 2 fully saturated rings. The lowest BCUT2D eigenvalue weighted by molar-refractivity contribution is -0.138. The number of halogens is 3. The van der Waals surface area contributed by atoms with Gasteiger partial charge < -0.3 is 16.0 Å². The molecule has 2 rings (SSSR count). The predicted octanol–water partition coefficient (Wildman–Crippen LogP) is 0.0358. The predicted molar refractivity (Wildman–Crippen MR) is 78.1 cm³/mol. The Hall–Kier alpha value is -2.33. The highest BCUT2D eigenvalue weighted by atomic mass is 19.4. The Morgan fingerprint density at radius 3 is 2.36 bits per heavy atom. The number of imide groups is 1. The third-order valence-electron chi connectivity index (χ3n) is 4.20. The highest BCUT2D eigenvalue weighted by Crippen LogP contribution is 2.34. The normalized spacial score (nSPS) is 19.2. The van der Waals surface area contributed by atoms with Gasteiger partial charge in [0.2, 0.25) is 11.8 Å². The Bertz CT molecular complexity index is 573. The van der Waals surface area contributed by atoms with Crippen molar-refractivity contribution in [2.75, 3.05) is 19.6 Å². The van der Waals surface area contributed by atoms with Crippen LogP contribution in [-0.4, -0.2) is 60.0 Å². The second kappa shape index (κ2) is 7.28. The number of hydrogen-bond donors (Lipinski definition) is 3. The fourth-order valence-electron chi connectivity index (χ4n) is 2.94. The molecule has 0 aromatic carbocycles. The number of nitrogens with zero attached hydrogens (tertiary/aromatic N) is 1. The quantitative estimate of drug-likeness (QED) is 0.578. The maximum atomic E-state index is 12.3. The average Bonchev–Trinajstić information content (AvgIpc) is 3.07. The van der Waals surface area contributed by atoms with Gasteiger partial charge in [0.25, 0.3) is 5.91 Å². The van der Waals surface area contributed by atoms with E-state index >= 15 is 0 Å². The van der Waals surface area contributed by atoms with Gasteiger partial charge in [-0.15, -0.1) is 0 Å². The van der Waals surface area contributed by atoms with Crippen LogP contribution in [0.15, 0.2) is 0 Å². The lowest BCUT2D eigenvalue weighted by Crippen LogP contribution is -2.44. The van der Waals surface area contributed by atoms with Crippen molar-refractivity contribution in [3.05, 3.63) is 0 Å². The molecule has 11 heteroatoms. The number of rotatable bonds is 6. The third-order valence-corrected chi connectivity index (χ3v) is 4.20. The van der Waals surface area contributed by atoms with Gasteiger partial charge in [0.1, 0.15) is 12.1 Å². The number of urea groups is 1. The minimum absolute atomic E-state index is 0.150. The zero-order chi connectivity index (χ0) is 18.7. The van der Waals surface area contributed by atoms with Crippen LogP contribution in [0.2, 0.25) is 0 Å². The van der Waals surface area contributed by atoms with Crippen LogP contribution in [0.1, 0.15) is 32.1 Å². The number of amides is 5. The standard InChI is InChI=1S/C14H19F3N4O4/c15-14(16,17)8-19-10(23)7-18-9(22)3-6-21-11(24)13(20-12(21)25)4-1-2-5-13/h1-8H2,(H,18,22)(H,19,23)(H,20,25). The van der Waals surface area contributed by atoms with Crippen LogP contribution < -0.4 is 16.0 Å². The molecule has 25 heavy (non-hydrogen) atoms. The van der Waals surface area contributed by atoms with E-state index in [4.69, 9.17) is 0 Å². The van der Waals surface area contributed by atoms with Crippen molar-refractivity contribution in [3.63, 3.8) is 0 Å². The molecule has 1 spiro atoms. The average molecular weight is 364 g/mol. The van der Waals surface area contributed by atoms with E-state index in [0.29, 0.717) is 12.8 Å². The van der Waals surface area contributed by atoms with Crippen LogP contribution in [-0.2, 0) is 14.4 Å². The lowest BCUT2D eigenvalue weighted by atomic mass is 9.98. The first kappa shape index (κ1) is 19.0. The SMILES string of the molecule is O=C(CCN1C(=O)NC2(CCCC2)C1=O)NCC(=O)NCC(F)(F)F. The van der Waals surface area contributed by atoms with E-state index in [1.165, 1.54) is 0 Å². The number of nitrogens with one attached hydrogen (secondary N) is 3. The molecule has 1 heterocycles. The van der Waals surface area contributed by atoms with Gasteiger partial charge in [-0.25, -0.2) is 4.79 Å². The summed E-state index contributed by atoms with van der Waals surface area (Å²) in [6.07, 6.45) is -1.94. The van der Waals surface area contributed by atoms with Crippen molar-refractivity contribution in [3.8, 4) is 0 Å². The van der Waals surface area contributed by atoms with Crippen molar-refractivity contribution in [2.45, 2.75) is 43.8 Å². The molecule has 0 aromatic heterocycles. The zero-order valence-electron chi connectivity index (χ0n) is 13.4. The minimum atomic E-state index is -4.53. The van der Waals surface area contributed by atoms with E-state index in [1.807, 2.05) is 0 Å². The zero-order valence-corrected chi connectivity index (χ0v) is 13.4. The summed E-state index contributed by atoms with van der Waals surface area (Å²) in [7, 11) is 0. The summed E-state index contributed by atoms with van der Waals surface area (Å²) in [4.78, 5) is 48.0. The fourth-order valence-corrected chi connectivity index (χ4v) is 2.94. The Balaban J connectivity index is 1.72. The number of carbonyl (C=O) groups is 4. The van der Waals surface area contributed by atoms with Crippen LogP contribution in [0.25, 0.3) is 0 Å². The molecule has 5 amide bonds. The Labute approximate surface area is 141 Å². The Morgan fingerprint density at radius 1 is 1.12 bits per heavy atom. The first-order chi connectivity index (χ1) is 11.6. The molecule has 0 unspecified atom stereocenters. The fraction of sp³-hybridized carbons (Fsp3) is 0.714. The summed E-state index contributed by atoms with van der Waals surface area (Å²) >= 11 is 0. The molecule has 8 nitrogen and oxygen atoms in total. The summed E-state index contributed by atoms with van der Waals surface area (Å²) in [5, 5.41) is 6.43. The largest absolute Gasteiger partial charge is 0.405 e. The van der Waals surface area contributed by atoms with Gasteiger partial charge in [-0.1, -0.05) is 12.8 Å². The van der Waals surface area contributed by atoms with Crippen LogP contribution in [0.5, 0.6) is 0 Å². The molecule has 0 radical (unpaired) electrons. The summed E-state index contributed by atoms with van der Waals surface area (Å²) in [5.74, 6) is -1.98. The van der Waals surface area contributed by atoms with Gasteiger partial charge in [-0.3, -0.25) is 19.3 Å². The lowest BCUT2D eigenvalue weighted by Gasteiger charge is -2.19. The van der Waals surface area contributed by atoms with E-state index in [1.54, 1.807) is 5.32 Å². The molecular formula is C14H19F3N4O4. The van der Waals surface area contributed by atoms with Crippen molar-refractivity contribution >= 4 is 23.8 Å². The molecule has 1 saturated heterocycles. The van der Waals surface area contributed by atoms with E-state index < -0.39 is 42.7 Å². The first-order valence-corrected chi connectivity index (χ1v) is 7.87. The van der Waals surface area contributed by atoms with Crippen molar-refractivity contribution in [2.24, 2.45) is 0 Å². The summed E-state index contributed by atoms with van der Waals surface area (Å²) in [6, 6.07) is -0.553. The molecule has 2 aliphatic rings. The molecule has 1 aliphatic heterocycles. The van der Waals surface area contributed by atoms with Crippen LogP contribution in [0.4, 0.5) is 18.0 Å². The maximum Gasteiger partial charge on any atom is 0.405 e. The highest BCUT2D eigenvalue weighted by molar-refractivity contribution is 6.07. The van der Waals surface area contributed by atoms with E-state index in [9.17, 15) is 32.3 Å². The molecule has 0 atom stereocenters. The van der Waals surface area contributed by atoms with Gasteiger partial charge in [0.05, 0.1) is 6.54 Å². The minimum Gasteiger partial charge on any atom is -0.347 e. The highest BCUT2D eigenvalue weighted by Gasteiger charge is 2.52. The second-order valence-corrected chi connectivity index (χ2v) is 6.09. The van der Waals surface area contributed by atoms with Crippen molar-refractivity contribution < 1.29 is 32.3 Å². The second-order valence-electron chi connectivity index (χ2n) is 6.09. The van der Waals surface area contributed by atoms with E-state index in [2.05, 4.69) is 10.6 Å². The maximum absolute atomic E-state index is 12.3. The summed E-state index contributed by atoms with van der Waals surface area (Å²) < 4.78 is 35.8. The van der Waals surface area contributed by atoms with Gasteiger partial charge >= 0.3 is 12.2 Å². The molecule has 140 valence electrons. The summed E-state index contributed by atoms with van der Waals surface area (Å²) in [6.45, 7) is -2.24.